The van der Waals surface area contributed by atoms with Gasteiger partial charge in [-0.2, -0.15) is 4.98 Å². The van der Waals surface area contributed by atoms with Gasteiger partial charge in [0.2, 0.25) is 5.88 Å². The Kier molecular flexibility index (Phi) is 7.08. The van der Waals surface area contributed by atoms with Crippen LogP contribution in [-0.4, -0.2) is 36.8 Å². The van der Waals surface area contributed by atoms with Crippen molar-refractivity contribution in [3.8, 4) is 5.88 Å². The number of methoxy groups -OCH3 is 1. The van der Waals surface area contributed by atoms with Gasteiger partial charge >= 0.3 is 0 Å². The Hall–Kier alpha value is -1.56. The first-order chi connectivity index (χ1) is 9.60. The maximum atomic E-state index is 6.06. The first-order valence-corrected chi connectivity index (χ1v) is 7.13. The van der Waals surface area contributed by atoms with E-state index in [0.717, 1.165) is 18.7 Å². The predicted molar refractivity (Wildman–Crippen MR) is 81.3 cm³/mol. The lowest BCUT2D eigenvalue weighted by Gasteiger charge is -2.15. The van der Waals surface area contributed by atoms with Gasteiger partial charge in [0, 0.05) is 19.6 Å². The van der Waals surface area contributed by atoms with E-state index in [-0.39, 0.29) is 5.92 Å². The normalized spacial score (nSPS) is 10.8. The second kappa shape index (κ2) is 8.58. The first-order valence-electron chi connectivity index (χ1n) is 7.13. The quantitative estimate of drug-likeness (QED) is 0.677. The van der Waals surface area contributed by atoms with Crippen LogP contribution in [0.5, 0.6) is 5.88 Å². The highest BCUT2D eigenvalue weighted by molar-refractivity contribution is 5.67. The van der Waals surface area contributed by atoms with Crippen molar-refractivity contribution in [3.63, 3.8) is 0 Å². The van der Waals surface area contributed by atoms with E-state index in [1.165, 1.54) is 0 Å². The maximum Gasteiger partial charge on any atom is 0.242 e. The third kappa shape index (κ3) is 4.85. The Morgan fingerprint density at radius 1 is 1.25 bits per heavy atom. The molecule has 0 bridgehead atoms. The van der Waals surface area contributed by atoms with Crippen molar-refractivity contribution in [2.75, 3.05) is 37.9 Å². The summed E-state index contributed by atoms with van der Waals surface area (Å²) in [5.74, 6) is 2.03. The Bertz CT molecular complexity index is 379. The summed E-state index contributed by atoms with van der Waals surface area (Å²) < 4.78 is 10.7. The molecule has 0 atom stereocenters. The molecule has 0 saturated carbocycles. The van der Waals surface area contributed by atoms with Crippen LogP contribution in [0, 0.1) is 0 Å². The zero-order valence-electron chi connectivity index (χ0n) is 12.9. The number of nitrogens with two attached hydrogens (primary N) is 1. The van der Waals surface area contributed by atoms with Gasteiger partial charge in [-0.25, -0.2) is 4.98 Å². The molecule has 114 valence electrons. The highest BCUT2D eigenvalue weighted by Gasteiger charge is 2.14. The second-order valence-electron chi connectivity index (χ2n) is 4.93. The number of hydrogen-bond acceptors (Lipinski definition) is 6. The number of nitrogens with zero attached hydrogens (tertiary/aromatic N) is 2. The van der Waals surface area contributed by atoms with Crippen LogP contribution >= 0.6 is 0 Å². The van der Waals surface area contributed by atoms with Crippen molar-refractivity contribution in [3.05, 3.63) is 5.82 Å². The summed E-state index contributed by atoms with van der Waals surface area (Å²) in [5.41, 5.74) is 6.52. The van der Waals surface area contributed by atoms with Gasteiger partial charge in [0.25, 0.3) is 0 Å². The Balaban J connectivity index is 2.90. The van der Waals surface area contributed by atoms with Crippen molar-refractivity contribution in [1.29, 1.82) is 0 Å². The predicted octanol–water partition coefficient (Wildman–Crippen LogP) is 2.42. The summed E-state index contributed by atoms with van der Waals surface area (Å²) in [5, 5.41) is 3.16. The van der Waals surface area contributed by atoms with Crippen LogP contribution in [0.25, 0.3) is 0 Å². The maximum absolute atomic E-state index is 6.06. The molecular weight excluding hydrogens is 256 g/mol. The molecule has 6 heteroatoms. The van der Waals surface area contributed by atoms with Gasteiger partial charge in [0.15, 0.2) is 5.82 Å². The van der Waals surface area contributed by atoms with Crippen LogP contribution in [0.2, 0.25) is 0 Å². The molecule has 0 aromatic carbocycles. The molecule has 1 rings (SSSR count). The van der Waals surface area contributed by atoms with E-state index >= 15 is 0 Å². The molecule has 0 aliphatic carbocycles. The molecule has 0 aliphatic heterocycles. The Morgan fingerprint density at radius 3 is 2.60 bits per heavy atom. The molecule has 20 heavy (non-hydrogen) atoms. The zero-order valence-corrected chi connectivity index (χ0v) is 12.9. The number of anilines is 2. The fourth-order valence-corrected chi connectivity index (χ4v) is 1.55. The Labute approximate surface area is 121 Å². The molecule has 0 aliphatic rings. The van der Waals surface area contributed by atoms with Crippen LogP contribution in [0.3, 0.4) is 0 Å². The van der Waals surface area contributed by atoms with Crippen molar-refractivity contribution >= 4 is 11.5 Å². The molecule has 0 amide bonds. The minimum Gasteiger partial charge on any atom is -0.476 e. The van der Waals surface area contributed by atoms with Crippen LogP contribution in [0.4, 0.5) is 11.5 Å². The number of nitrogens with one attached hydrogen (secondary N) is 1. The second-order valence-corrected chi connectivity index (χ2v) is 4.93. The third-order valence-corrected chi connectivity index (χ3v) is 2.78. The average Bonchev–Trinajstić information content (AvgIpc) is 2.42. The van der Waals surface area contributed by atoms with Crippen molar-refractivity contribution in [2.24, 2.45) is 0 Å². The summed E-state index contributed by atoms with van der Waals surface area (Å²) in [6.45, 7) is 8.05. The van der Waals surface area contributed by atoms with Gasteiger partial charge in [0.05, 0.1) is 13.2 Å². The van der Waals surface area contributed by atoms with E-state index in [9.17, 15) is 0 Å². The number of ether oxygens (including phenoxy) is 2. The summed E-state index contributed by atoms with van der Waals surface area (Å²) in [4.78, 5) is 8.85. The fourth-order valence-electron chi connectivity index (χ4n) is 1.55. The van der Waals surface area contributed by atoms with Crippen LogP contribution in [-0.2, 0) is 4.74 Å². The molecule has 1 heterocycles. The molecule has 0 unspecified atom stereocenters. The van der Waals surface area contributed by atoms with Crippen molar-refractivity contribution in [2.45, 2.75) is 39.5 Å². The average molecular weight is 282 g/mol. The molecule has 0 fully saturated rings. The van der Waals surface area contributed by atoms with E-state index < -0.39 is 0 Å². The van der Waals surface area contributed by atoms with Gasteiger partial charge in [-0.15, -0.1) is 0 Å². The summed E-state index contributed by atoms with van der Waals surface area (Å²) >= 11 is 0. The van der Waals surface area contributed by atoms with Crippen molar-refractivity contribution in [1.82, 2.24) is 9.97 Å². The summed E-state index contributed by atoms with van der Waals surface area (Å²) in [6, 6.07) is 0. The molecule has 3 N–H and O–H groups in total. The van der Waals surface area contributed by atoms with Gasteiger partial charge in [0.1, 0.15) is 11.5 Å². The first kappa shape index (κ1) is 16.5. The third-order valence-electron chi connectivity index (χ3n) is 2.78. The summed E-state index contributed by atoms with van der Waals surface area (Å²) in [7, 11) is 1.66. The van der Waals surface area contributed by atoms with Gasteiger partial charge in [-0.3, -0.25) is 0 Å². The molecule has 1 aromatic rings. The number of unbranched alkanes of at least 4 members (excludes halogenated alkanes) is 1. The van der Waals surface area contributed by atoms with E-state index in [1.54, 1.807) is 7.11 Å². The molecular formula is C14H26N4O2. The van der Waals surface area contributed by atoms with E-state index in [1.807, 2.05) is 13.8 Å². The van der Waals surface area contributed by atoms with Gasteiger partial charge < -0.3 is 20.5 Å². The van der Waals surface area contributed by atoms with E-state index in [0.29, 0.717) is 37.1 Å². The highest BCUT2D eigenvalue weighted by atomic mass is 16.5. The minimum atomic E-state index is 0.215. The lowest BCUT2D eigenvalue weighted by atomic mass is 10.2. The molecule has 6 nitrogen and oxygen atoms in total. The smallest absolute Gasteiger partial charge is 0.242 e. The topological polar surface area (TPSA) is 82.3 Å². The zero-order chi connectivity index (χ0) is 15.0. The summed E-state index contributed by atoms with van der Waals surface area (Å²) in [6.07, 6.45) is 2.05. The molecule has 1 aromatic heterocycles. The largest absolute Gasteiger partial charge is 0.476 e. The SMILES string of the molecule is CCCCOc1nc(C(C)C)nc(NCCOC)c1N. The minimum absolute atomic E-state index is 0.215. The van der Waals surface area contributed by atoms with Crippen LogP contribution < -0.4 is 15.8 Å². The van der Waals surface area contributed by atoms with E-state index in [2.05, 4.69) is 22.2 Å². The van der Waals surface area contributed by atoms with Gasteiger partial charge in [-0.1, -0.05) is 27.2 Å². The van der Waals surface area contributed by atoms with E-state index in [4.69, 9.17) is 15.2 Å². The lowest BCUT2D eigenvalue weighted by Crippen LogP contribution is -2.14. The molecule has 0 saturated heterocycles. The van der Waals surface area contributed by atoms with Crippen LogP contribution in [0.1, 0.15) is 45.4 Å². The Morgan fingerprint density at radius 2 is 2.00 bits per heavy atom. The van der Waals surface area contributed by atoms with Crippen LogP contribution in [0.15, 0.2) is 0 Å². The fraction of sp³-hybridized carbons (Fsp3) is 0.714. The number of nitrogen functional groups attached to an aromatic ring is 1. The van der Waals surface area contributed by atoms with Gasteiger partial charge in [-0.05, 0) is 6.42 Å². The molecule has 0 spiro atoms. The standard InChI is InChI=1S/C14H26N4O2/c1-5-6-8-20-14-11(15)13(16-7-9-19-4)17-12(18-14)10(2)3/h10H,5-9,15H2,1-4H3,(H,16,17,18). The monoisotopic (exact) mass is 282 g/mol. The van der Waals surface area contributed by atoms with Crippen molar-refractivity contribution < 1.29 is 9.47 Å². The molecule has 0 radical (unpaired) electrons. The number of rotatable bonds is 9. The highest BCUT2D eigenvalue weighted by Crippen LogP contribution is 2.28. The lowest BCUT2D eigenvalue weighted by molar-refractivity contribution is 0.210. The number of aromatic nitrogens is 2. The number of hydrogen-bond donors (Lipinski definition) is 2.